The number of rotatable bonds is 11. The molecule has 27 atom stereocenters. The SMILES string of the molecule is CC(=O)O[C@H]1C[C@H](O[C@H]2O[C@H](CO)[C@H](O)[C@H](O)[C@H]2O[C@H]2O[C@H](CO[C@H]3O[C@H](CO)[C@H](O)[C@H](O)[C@@H]3O)[C@H](O)[C@@H](O)[C@@H]2O)CC2=CC[C@H]3[C@H]4CC[C@@H]([C@H]5C[C@@]6(C)C[C@@H]5OC(=O)[C@@]6(C)O)[C@]4(C)CC[C@H]3[C@@]21C. The van der Waals surface area contributed by atoms with Gasteiger partial charge in [0.2, 0.25) is 0 Å². The minimum Gasteiger partial charge on any atom is -0.462 e. The molecule has 0 radical (unpaired) electrons. The van der Waals surface area contributed by atoms with E-state index in [9.17, 15) is 65.8 Å². The standard InChI is InChI=1S/C48H74O21/c1-19(51)63-31-13-21(12-20-6-7-22-24-8-9-25(46(24,3)11-10-26(22)47(20,31)4)23-14-45(2)15-27(23)68-44(60)48(45,5)61)64-43-40(37(57)33(53)29(17-50)66-43)69-42-39(59)36(56)34(54)30(67-42)18-62-41-38(58)35(55)32(52)28(16-49)65-41/h6,21-43,49-50,52-59,61H,7-18H2,1-5H3/t21-,22+,23-,24-,25+,26-,27+,28-,29-,30-,31+,32+,33+,34+,35+,36-,37+,38+,39+,40-,41+,42-,43+,45+,46-,47-,48-/m1/s1. The van der Waals surface area contributed by atoms with Gasteiger partial charge in [-0.25, -0.2) is 4.79 Å². The van der Waals surface area contributed by atoms with E-state index in [1.54, 1.807) is 6.92 Å². The highest BCUT2D eigenvalue weighted by atomic mass is 16.8. The zero-order chi connectivity index (χ0) is 49.9. The van der Waals surface area contributed by atoms with Gasteiger partial charge in [0.15, 0.2) is 24.5 Å². The molecule has 0 amide bonds. The minimum atomic E-state index is -1.95. The molecule has 21 heteroatoms. The molecule has 8 fully saturated rings. The number of hydrogen-bond acceptors (Lipinski definition) is 21. The van der Waals surface area contributed by atoms with Crippen molar-refractivity contribution in [3.63, 3.8) is 0 Å². The van der Waals surface area contributed by atoms with E-state index in [1.807, 2.05) is 6.92 Å². The van der Waals surface area contributed by atoms with Gasteiger partial charge in [0, 0.05) is 24.2 Å². The Labute approximate surface area is 400 Å². The Morgan fingerprint density at radius 2 is 1.30 bits per heavy atom. The van der Waals surface area contributed by atoms with Crippen molar-refractivity contribution in [3.05, 3.63) is 11.6 Å². The Morgan fingerprint density at radius 3 is 1.96 bits per heavy atom. The molecule has 4 saturated heterocycles. The van der Waals surface area contributed by atoms with Crippen molar-refractivity contribution >= 4 is 11.9 Å². The normalized spacial score (nSPS) is 55.0. The quantitative estimate of drug-likeness (QED) is 0.0790. The van der Waals surface area contributed by atoms with E-state index in [4.69, 9.17) is 37.9 Å². The van der Waals surface area contributed by atoms with Crippen molar-refractivity contribution < 1.29 is 104 Å². The van der Waals surface area contributed by atoms with Gasteiger partial charge in [0.25, 0.3) is 0 Å². The van der Waals surface area contributed by atoms with Gasteiger partial charge < -0.3 is 94.1 Å². The van der Waals surface area contributed by atoms with Gasteiger partial charge in [-0.3, -0.25) is 4.79 Å². The van der Waals surface area contributed by atoms with E-state index >= 15 is 0 Å². The van der Waals surface area contributed by atoms with Crippen LogP contribution in [0.25, 0.3) is 0 Å². The van der Waals surface area contributed by atoms with Crippen molar-refractivity contribution in [2.24, 2.45) is 45.8 Å². The number of carbonyl (C=O) groups excluding carboxylic acids is 2. The van der Waals surface area contributed by atoms with Gasteiger partial charge in [-0.05, 0) is 93.3 Å². The summed E-state index contributed by atoms with van der Waals surface area (Å²) in [6.45, 7) is 7.42. The van der Waals surface area contributed by atoms with Crippen LogP contribution in [-0.2, 0) is 47.5 Å². The lowest BCUT2D eigenvalue weighted by atomic mass is 9.46. The molecule has 4 heterocycles. The Balaban J connectivity index is 0.916. The van der Waals surface area contributed by atoms with Crippen LogP contribution in [0.3, 0.4) is 0 Å². The van der Waals surface area contributed by atoms with Gasteiger partial charge in [0.05, 0.1) is 25.9 Å². The Hall–Kier alpha value is -2.00. The summed E-state index contributed by atoms with van der Waals surface area (Å²) in [7, 11) is 0. The molecule has 9 aliphatic rings. The van der Waals surface area contributed by atoms with E-state index in [-0.39, 0.29) is 35.7 Å². The predicted molar refractivity (Wildman–Crippen MR) is 231 cm³/mol. The molecule has 4 aliphatic heterocycles. The zero-order valence-electron chi connectivity index (χ0n) is 39.8. The summed E-state index contributed by atoms with van der Waals surface area (Å²) in [6.07, 6.45) is -18.1. The van der Waals surface area contributed by atoms with E-state index < -0.39 is 153 Å². The largest absolute Gasteiger partial charge is 0.462 e. The number of fused-ring (bicyclic) bond motifs is 7. The maximum Gasteiger partial charge on any atom is 0.338 e. The topological polar surface area (TPSA) is 331 Å². The molecular formula is C48H74O21. The highest BCUT2D eigenvalue weighted by molar-refractivity contribution is 5.81. The number of carbonyl (C=O) groups is 2. The first kappa shape index (κ1) is 51.9. The third-order valence-electron chi connectivity index (χ3n) is 19.1. The summed E-state index contributed by atoms with van der Waals surface area (Å²) in [4.78, 5) is 25.9. The van der Waals surface area contributed by atoms with E-state index in [1.165, 1.54) is 6.92 Å². The van der Waals surface area contributed by atoms with Gasteiger partial charge >= 0.3 is 11.9 Å². The van der Waals surface area contributed by atoms with E-state index in [0.29, 0.717) is 24.7 Å². The van der Waals surface area contributed by atoms with Crippen LogP contribution >= 0.6 is 0 Å². The van der Waals surface area contributed by atoms with Crippen molar-refractivity contribution in [1.82, 2.24) is 0 Å². The molecule has 0 aromatic rings. The monoisotopic (exact) mass is 986 g/mol. The molecule has 69 heavy (non-hydrogen) atoms. The number of aliphatic hydroxyl groups excluding tert-OH is 10. The van der Waals surface area contributed by atoms with Crippen LogP contribution in [0.1, 0.15) is 92.4 Å². The van der Waals surface area contributed by atoms with Crippen LogP contribution in [0, 0.1) is 45.8 Å². The fraction of sp³-hybridized carbons (Fsp3) is 0.917. The lowest BCUT2D eigenvalue weighted by Gasteiger charge is -2.60. The Kier molecular flexibility index (Phi) is 14.3. The van der Waals surface area contributed by atoms with Crippen LogP contribution in [0.15, 0.2) is 11.6 Å². The van der Waals surface area contributed by atoms with Crippen molar-refractivity contribution in [2.45, 2.75) is 208 Å². The molecule has 2 bridgehead atoms. The van der Waals surface area contributed by atoms with Crippen LogP contribution in [0.5, 0.6) is 0 Å². The number of esters is 2. The molecule has 9 rings (SSSR count). The molecule has 392 valence electrons. The average molecular weight is 987 g/mol. The fourth-order valence-corrected chi connectivity index (χ4v) is 14.9. The van der Waals surface area contributed by atoms with Crippen molar-refractivity contribution in [1.29, 1.82) is 0 Å². The van der Waals surface area contributed by atoms with E-state index in [2.05, 4.69) is 19.9 Å². The summed E-state index contributed by atoms with van der Waals surface area (Å²) >= 11 is 0. The lowest BCUT2D eigenvalue weighted by molar-refractivity contribution is -0.377. The fourth-order valence-electron chi connectivity index (χ4n) is 14.9. The molecule has 4 saturated carbocycles. The zero-order valence-corrected chi connectivity index (χ0v) is 39.8. The number of hydrogen-bond donors (Lipinski definition) is 11. The second-order valence-corrected chi connectivity index (χ2v) is 22.7. The van der Waals surface area contributed by atoms with Crippen LogP contribution in [0.2, 0.25) is 0 Å². The van der Waals surface area contributed by atoms with Crippen LogP contribution in [0.4, 0.5) is 0 Å². The summed E-state index contributed by atoms with van der Waals surface area (Å²) < 4.78 is 47.6. The van der Waals surface area contributed by atoms with Gasteiger partial charge in [-0.1, -0.05) is 32.4 Å². The average Bonchev–Trinajstić information content (AvgIpc) is 3.82. The maximum atomic E-state index is 13.0. The van der Waals surface area contributed by atoms with Gasteiger partial charge in [-0.2, -0.15) is 0 Å². The second kappa shape index (κ2) is 19.0. The van der Waals surface area contributed by atoms with E-state index in [0.717, 1.165) is 44.1 Å². The molecule has 5 aliphatic carbocycles. The lowest BCUT2D eigenvalue weighted by Crippen LogP contribution is -2.65. The molecule has 0 aromatic heterocycles. The number of aliphatic hydroxyl groups is 11. The smallest absolute Gasteiger partial charge is 0.338 e. The van der Waals surface area contributed by atoms with Crippen molar-refractivity contribution in [3.8, 4) is 0 Å². The third kappa shape index (κ3) is 8.53. The maximum absolute atomic E-state index is 13.0. The molecular weight excluding hydrogens is 913 g/mol. The Morgan fingerprint density at radius 1 is 0.710 bits per heavy atom. The molecule has 0 unspecified atom stereocenters. The second-order valence-electron chi connectivity index (χ2n) is 22.7. The molecule has 21 nitrogen and oxygen atoms in total. The number of ether oxygens (including phenoxy) is 8. The first-order valence-corrected chi connectivity index (χ1v) is 24.8. The predicted octanol–water partition coefficient (Wildman–Crippen LogP) is -1.97. The third-order valence-corrected chi connectivity index (χ3v) is 19.1. The first-order valence-electron chi connectivity index (χ1n) is 24.8. The Bertz CT molecular complexity index is 1920. The van der Waals surface area contributed by atoms with Gasteiger partial charge in [-0.15, -0.1) is 0 Å². The molecule has 0 spiro atoms. The molecule has 11 N–H and O–H groups in total. The summed E-state index contributed by atoms with van der Waals surface area (Å²) in [5.41, 5.74) is -1.66. The highest BCUT2D eigenvalue weighted by Crippen LogP contribution is 2.70. The van der Waals surface area contributed by atoms with Crippen molar-refractivity contribution in [2.75, 3.05) is 19.8 Å². The van der Waals surface area contributed by atoms with Crippen LogP contribution < -0.4 is 0 Å². The highest BCUT2D eigenvalue weighted by Gasteiger charge is 2.68. The molecule has 0 aromatic carbocycles. The first-order chi connectivity index (χ1) is 32.5. The summed E-state index contributed by atoms with van der Waals surface area (Å²) in [5, 5.41) is 117. The summed E-state index contributed by atoms with van der Waals surface area (Å²) in [6, 6.07) is 0. The van der Waals surface area contributed by atoms with Crippen LogP contribution in [-0.4, -0.2) is 204 Å². The number of allylic oxidation sites excluding steroid dienone is 1. The summed E-state index contributed by atoms with van der Waals surface area (Å²) in [5.74, 6) is 0.253. The minimum absolute atomic E-state index is 0.0278. The van der Waals surface area contributed by atoms with Gasteiger partial charge in [0.1, 0.15) is 85.5 Å².